The van der Waals surface area contributed by atoms with E-state index in [1.165, 1.54) is 11.1 Å². The van der Waals surface area contributed by atoms with Crippen molar-refractivity contribution < 1.29 is 31.7 Å². The van der Waals surface area contributed by atoms with Crippen molar-refractivity contribution in [2.45, 2.75) is 62.8 Å². The van der Waals surface area contributed by atoms with E-state index in [2.05, 4.69) is 28.1 Å². The van der Waals surface area contributed by atoms with Crippen LogP contribution in [0.5, 0.6) is 0 Å². The largest absolute Gasteiger partial charge is 0.373 e. The molecule has 3 N–H and O–H groups in total. The summed E-state index contributed by atoms with van der Waals surface area (Å²) >= 11 is 11.7. The van der Waals surface area contributed by atoms with Gasteiger partial charge in [0.25, 0.3) is 10.1 Å². The highest BCUT2D eigenvalue weighted by Crippen LogP contribution is 2.16. The average Bonchev–Trinajstić information content (AvgIpc) is 3.70. The van der Waals surface area contributed by atoms with E-state index in [4.69, 9.17) is 36.9 Å². The standard InChI is InChI=1S/C16H21ClN2O2.C13H18ClNO4S.C4H7NO.ClH/c17-13-5-3-12(4-6-13)8-14-11-21-15(9-18-14)10-19-7-1-2-16(19)20;1-20(16,17)19-9-13-7-15-12(8-18-13)6-10-2-4-11(14)5-3-10;6-4-2-1-3-5-4;/h3-6,14-15,18H,1-2,7-11H2;2-5,12-13,15H,6-9H2,1H3;1-3H2,(H,5,6);1H/t14-,15+;12-,13+;;/m00../s1. The zero-order chi connectivity index (χ0) is 33.6. The van der Waals surface area contributed by atoms with Gasteiger partial charge in [0.05, 0.1) is 38.3 Å². The number of carbonyl (C=O) groups excluding carboxylic acids is 2. The number of rotatable bonds is 9. The smallest absolute Gasteiger partial charge is 0.264 e. The van der Waals surface area contributed by atoms with Gasteiger partial charge in [-0.2, -0.15) is 8.42 Å². The lowest BCUT2D eigenvalue weighted by atomic mass is 10.1. The Balaban J connectivity index is 0.000000218. The summed E-state index contributed by atoms with van der Waals surface area (Å²) < 4.78 is 38.0. The van der Waals surface area contributed by atoms with Gasteiger partial charge in [0.2, 0.25) is 11.8 Å². The van der Waals surface area contributed by atoms with Crippen LogP contribution in [0.15, 0.2) is 48.5 Å². The van der Waals surface area contributed by atoms with Crippen molar-refractivity contribution in [2.24, 2.45) is 0 Å². The third-order valence-electron chi connectivity index (χ3n) is 8.09. The fourth-order valence-corrected chi connectivity index (χ4v) is 6.19. The molecule has 0 bridgehead atoms. The zero-order valence-electron chi connectivity index (χ0n) is 27.2. The van der Waals surface area contributed by atoms with E-state index >= 15 is 0 Å². The van der Waals surface area contributed by atoms with E-state index in [1.807, 2.05) is 41.3 Å². The maximum Gasteiger partial charge on any atom is 0.264 e. The second-order valence-corrected chi connectivity index (χ2v) is 14.7. The normalized spacial score (nSPS) is 24.0. The summed E-state index contributed by atoms with van der Waals surface area (Å²) in [6.07, 6.45) is 6.14. The molecule has 2 amide bonds. The number of halogens is 3. The first-order valence-corrected chi connectivity index (χ1v) is 18.7. The lowest BCUT2D eigenvalue weighted by molar-refractivity contribution is -0.130. The van der Waals surface area contributed by atoms with Gasteiger partial charge in [0.1, 0.15) is 0 Å². The first-order valence-electron chi connectivity index (χ1n) is 16.1. The average molecular weight is 750 g/mol. The van der Waals surface area contributed by atoms with Gasteiger partial charge < -0.3 is 30.3 Å². The Morgan fingerprint density at radius 2 is 1.38 bits per heavy atom. The van der Waals surface area contributed by atoms with Gasteiger partial charge >= 0.3 is 0 Å². The number of morpholine rings is 2. The van der Waals surface area contributed by atoms with Gasteiger partial charge in [0.15, 0.2) is 0 Å². The molecule has 268 valence electrons. The maximum absolute atomic E-state index is 11.6. The number of hydrogen-bond donors (Lipinski definition) is 3. The Morgan fingerprint density at radius 1 is 0.833 bits per heavy atom. The lowest BCUT2D eigenvalue weighted by Gasteiger charge is -2.32. The predicted molar refractivity (Wildman–Crippen MR) is 189 cm³/mol. The quantitative estimate of drug-likeness (QED) is 0.330. The van der Waals surface area contributed by atoms with Crippen LogP contribution >= 0.6 is 35.6 Å². The molecule has 4 atom stereocenters. The molecule has 2 aromatic rings. The van der Waals surface area contributed by atoms with Crippen molar-refractivity contribution in [3.05, 3.63) is 69.7 Å². The van der Waals surface area contributed by atoms with E-state index in [-0.39, 0.29) is 49.1 Å². The van der Waals surface area contributed by atoms with Crippen molar-refractivity contribution in [2.75, 3.05) is 58.8 Å². The molecule has 4 heterocycles. The summed E-state index contributed by atoms with van der Waals surface area (Å²) in [6, 6.07) is 16.2. The van der Waals surface area contributed by atoms with E-state index < -0.39 is 10.1 Å². The number of likely N-dealkylation sites (tertiary alicyclic amines) is 1. The number of carbonyl (C=O) groups is 2. The van der Waals surface area contributed by atoms with E-state index in [0.29, 0.717) is 32.2 Å². The molecule has 0 aliphatic carbocycles. The van der Waals surface area contributed by atoms with Gasteiger partial charge in [-0.1, -0.05) is 47.5 Å². The minimum Gasteiger partial charge on any atom is -0.373 e. The minimum atomic E-state index is -3.41. The molecule has 0 spiro atoms. The number of hydrogen-bond acceptors (Lipinski definition) is 9. The summed E-state index contributed by atoms with van der Waals surface area (Å²) in [7, 11) is -3.41. The first kappa shape index (κ1) is 40.4. The highest BCUT2D eigenvalue weighted by atomic mass is 35.5. The lowest BCUT2D eigenvalue weighted by Crippen LogP contribution is -2.51. The van der Waals surface area contributed by atoms with Crippen LogP contribution < -0.4 is 16.0 Å². The third-order valence-corrected chi connectivity index (χ3v) is 9.16. The van der Waals surface area contributed by atoms with Crippen LogP contribution in [0.3, 0.4) is 0 Å². The first-order chi connectivity index (χ1) is 22.5. The van der Waals surface area contributed by atoms with Crippen LogP contribution in [-0.4, -0.2) is 108 Å². The highest BCUT2D eigenvalue weighted by Gasteiger charge is 2.27. The second kappa shape index (κ2) is 20.6. The number of nitrogens with one attached hydrogen (secondary N) is 3. The Bertz CT molecular complexity index is 1360. The molecule has 48 heavy (non-hydrogen) atoms. The number of nitrogens with zero attached hydrogens (tertiary/aromatic N) is 1. The Hall–Kier alpha value is -2.00. The van der Waals surface area contributed by atoms with Crippen molar-refractivity contribution in [1.29, 1.82) is 0 Å². The topological polar surface area (TPSA) is 135 Å². The van der Waals surface area contributed by atoms with Gasteiger partial charge in [0, 0.05) is 67.7 Å². The summed E-state index contributed by atoms with van der Waals surface area (Å²) in [5.74, 6) is 0.469. The highest BCUT2D eigenvalue weighted by molar-refractivity contribution is 7.85. The summed E-state index contributed by atoms with van der Waals surface area (Å²) in [4.78, 5) is 23.7. The second-order valence-electron chi connectivity index (χ2n) is 12.2. The van der Waals surface area contributed by atoms with Gasteiger partial charge in [-0.15, -0.1) is 12.4 Å². The van der Waals surface area contributed by atoms with Crippen molar-refractivity contribution in [1.82, 2.24) is 20.9 Å². The van der Waals surface area contributed by atoms with Crippen LogP contribution in [0.1, 0.15) is 36.8 Å². The monoisotopic (exact) mass is 748 g/mol. The SMILES string of the molecule is CS(=O)(=O)OC[C@H]1CN[C@@H](Cc2ccc(Cl)cc2)CO1.Cl.O=C1CCCN1.O=C1CCCN1C[C@H]1CN[C@@H](Cc2ccc(Cl)cc2)CO1. The van der Waals surface area contributed by atoms with Crippen LogP contribution in [-0.2, 0) is 46.2 Å². The molecule has 0 unspecified atom stereocenters. The molecule has 11 nitrogen and oxygen atoms in total. The molecule has 15 heteroatoms. The molecule has 4 aliphatic heterocycles. The molecule has 2 aromatic carbocycles. The molecule has 0 aromatic heterocycles. The zero-order valence-corrected chi connectivity index (χ0v) is 30.3. The molecular weight excluding hydrogens is 703 g/mol. The van der Waals surface area contributed by atoms with Gasteiger partial charge in [-0.05, 0) is 61.1 Å². The van der Waals surface area contributed by atoms with Crippen LogP contribution in [0.4, 0.5) is 0 Å². The predicted octanol–water partition coefficient (Wildman–Crippen LogP) is 3.40. The third kappa shape index (κ3) is 15.3. The van der Waals surface area contributed by atoms with Gasteiger partial charge in [-0.3, -0.25) is 13.8 Å². The molecule has 4 saturated heterocycles. The minimum absolute atomic E-state index is 0. The summed E-state index contributed by atoms with van der Waals surface area (Å²) in [6.45, 7) is 5.15. The summed E-state index contributed by atoms with van der Waals surface area (Å²) in [5.41, 5.74) is 2.44. The van der Waals surface area contributed by atoms with Crippen LogP contribution in [0.2, 0.25) is 10.0 Å². The summed E-state index contributed by atoms with van der Waals surface area (Å²) in [5, 5.41) is 11.0. The van der Waals surface area contributed by atoms with Crippen LogP contribution in [0, 0.1) is 0 Å². The Kier molecular flexibility index (Phi) is 17.4. The van der Waals surface area contributed by atoms with Crippen molar-refractivity contribution in [3.8, 4) is 0 Å². The molecule has 6 rings (SSSR count). The number of benzene rings is 2. The molecule has 4 aliphatic rings. The maximum atomic E-state index is 11.6. The number of ether oxygens (including phenoxy) is 2. The molecule has 0 radical (unpaired) electrons. The fourth-order valence-electron chi connectivity index (χ4n) is 5.54. The Morgan fingerprint density at radius 3 is 1.75 bits per heavy atom. The van der Waals surface area contributed by atoms with Crippen molar-refractivity contribution >= 4 is 57.5 Å². The molecule has 0 saturated carbocycles. The number of amides is 2. The van der Waals surface area contributed by atoms with E-state index in [0.717, 1.165) is 74.6 Å². The Labute approximate surface area is 300 Å². The fraction of sp³-hybridized carbons (Fsp3) is 0.576. The van der Waals surface area contributed by atoms with E-state index in [9.17, 15) is 18.0 Å². The van der Waals surface area contributed by atoms with Crippen molar-refractivity contribution in [3.63, 3.8) is 0 Å². The van der Waals surface area contributed by atoms with Gasteiger partial charge in [-0.25, -0.2) is 0 Å². The van der Waals surface area contributed by atoms with Crippen LogP contribution in [0.25, 0.3) is 0 Å². The molecular formula is C33H47Cl3N4O7S. The van der Waals surface area contributed by atoms with E-state index in [1.54, 1.807) is 0 Å². The molecule has 4 fully saturated rings.